The minimum Gasteiger partial charge on any atom is -0.384 e. The summed E-state index contributed by atoms with van der Waals surface area (Å²) in [6.45, 7) is 0.478. The number of hydrogen-bond acceptors (Lipinski definition) is 5. The van der Waals surface area contributed by atoms with E-state index in [2.05, 4.69) is 15.3 Å². The Hall–Kier alpha value is -1.95. The normalized spacial score (nSPS) is 10.0. The number of carbonyl (C=O) groups excluding carboxylic acids is 1. The minimum atomic E-state index is -0.164. The molecule has 0 fully saturated rings. The van der Waals surface area contributed by atoms with Gasteiger partial charge in [0.2, 0.25) is 0 Å². The molecule has 2 aromatic heterocycles. The molecule has 3 N–H and O–H groups in total. The summed E-state index contributed by atoms with van der Waals surface area (Å²) in [7, 11) is 0. The number of nitrogen functional groups attached to an aromatic ring is 1. The summed E-state index contributed by atoms with van der Waals surface area (Å²) in [5.41, 5.74) is 7.73. The molecule has 0 aliphatic heterocycles. The fourth-order valence-corrected chi connectivity index (χ4v) is 1.72. The average molecular weight is 234 g/mol. The average Bonchev–Trinajstić information content (AvgIpc) is 2.78. The van der Waals surface area contributed by atoms with Gasteiger partial charge in [-0.1, -0.05) is 0 Å². The van der Waals surface area contributed by atoms with Gasteiger partial charge in [-0.3, -0.25) is 9.78 Å². The molecule has 6 heteroatoms. The molecular weight excluding hydrogens is 224 g/mol. The van der Waals surface area contributed by atoms with Crippen molar-refractivity contribution in [1.29, 1.82) is 0 Å². The van der Waals surface area contributed by atoms with Gasteiger partial charge in [0.1, 0.15) is 5.82 Å². The van der Waals surface area contributed by atoms with E-state index in [1.165, 1.54) is 17.5 Å². The monoisotopic (exact) mass is 234 g/mol. The highest BCUT2D eigenvalue weighted by Gasteiger charge is 2.05. The highest BCUT2D eigenvalue weighted by molar-refractivity contribution is 7.09. The van der Waals surface area contributed by atoms with Crippen LogP contribution in [0.4, 0.5) is 5.82 Å². The number of nitrogens with one attached hydrogen (secondary N) is 1. The number of anilines is 1. The van der Waals surface area contributed by atoms with Crippen molar-refractivity contribution in [3.8, 4) is 0 Å². The summed E-state index contributed by atoms with van der Waals surface area (Å²) >= 11 is 1.50. The van der Waals surface area contributed by atoms with Gasteiger partial charge in [0, 0.05) is 22.8 Å². The Morgan fingerprint density at radius 1 is 1.56 bits per heavy atom. The van der Waals surface area contributed by atoms with Crippen LogP contribution in [0.5, 0.6) is 0 Å². The second kappa shape index (κ2) is 4.71. The Labute approximate surface area is 96.3 Å². The maximum absolute atomic E-state index is 11.7. The summed E-state index contributed by atoms with van der Waals surface area (Å²) in [5, 5.41) is 2.78. The number of carbonyl (C=O) groups is 1. The third-order valence-corrected chi connectivity index (χ3v) is 2.73. The Morgan fingerprint density at radius 2 is 2.44 bits per heavy atom. The first-order valence-electron chi connectivity index (χ1n) is 4.63. The number of amides is 1. The summed E-state index contributed by atoms with van der Waals surface area (Å²) < 4.78 is 0. The van der Waals surface area contributed by atoms with E-state index in [1.54, 1.807) is 23.8 Å². The zero-order chi connectivity index (χ0) is 11.4. The van der Waals surface area contributed by atoms with Gasteiger partial charge < -0.3 is 11.1 Å². The number of nitrogens with zero attached hydrogens (tertiary/aromatic N) is 2. The first-order valence-corrected chi connectivity index (χ1v) is 5.51. The van der Waals surface area contributed by atoms with Crippen LogP contribution in [-0.4, -0.2) is 15.9 Å². The van der Waals surface area contributed by atoms with Gasteiger partial charge in [-0.25, -0.2) is 4.98 Å². The first kappa shape index (κ1) is 10.6. The fraction of sp³-hybridized carbons (Fsp3) is 0.100. The lowest BCUT2D eigenvalue weighted by Crippen LogP contribution is -2.22. The van der Waals surface area contributed by atoms with Crippen molar-refractivity contribution in [1.82, 2.24) is 15.3 Å². The molecule has 0 saturated heterocycles. The highest BCUT2D eigenvalue weighted by Crippen LogP contribution is 2.06. The molecule has 0 bridgehead atoms. The molecule has 2 aromatic rings. The lowest BCUT2D eigenvalue weighted by atomic mass is 10.2. The van der Waals surface area contributed by atoms with E-state index in [1.807, 2.05) is 0 Å². The van der Waals surface area contributed by atoms with Gasteiger partial charge in [-0.05, 0) is 12.1 Å². The quantitative estimate of drug-likeness (QED) is 0.831. The van der Waals surface area contributed by atoms with Crippen LogP contribution in [-0.2, 0) is 6.54 Å². The molecule has 0 saturated carbocycles. The number of rotatable bonds is 3. The van der Waals surface area contributed by atoms with Crippen molar-refractivity contribution in [2.24, 2.45) is 0 Å². The second-order valence-corrected chi connectivity index (χ2v) is 4.09. The predicted molar refractivity (Wildman–Crippen MR) is 61.9 cm³/mol. The smallest absolute Gasteiger partial charge is 0.251 e. The Balaban J connectivity index is 1.98. The number of nitrogens with two attached hydrogens (primary N) is 1. The van der Waals surface area contributed by atoms with Gasteiger partial charge in [-0.15, -0.1) is 11.3 Å². The van der Waals surface area contributed by atoms with E-state index >= 15 is 0 Å². The van der Waals surface area contributed by atoms with E-state index in [0.717, 1.165) is 4.88 Å². The van der Waals surface area contributed by atoms with E-state index in [-0.39, 0.29) is 5.91 Å². The van der Waals surface area contributed by atoms with E-state index in [9.17, 15) is 4.79 Å². The van der Waals surface area contributed by atoms with Crippen molar-refractivity contribution in [3.63, 3.8) is 0 Å². The SMILES string of the molecule is Nc1cc(C(=O)NCc2cncs2)ccn1. The molecule has 0 aliphatic rings. The topological polar surface area (TPSA) is 80.9 Å². The fourth-order valence-electron chi connectivity index (χ4n) is 1.19. The molecule has 2 rings (SSSR count). The minimum absolute atomic E-state index is 0.164. The Bertz CT molecular complexity index is 483. The molecule has 0 radical (unpaired) electrons. The largest absolute Gasteiger partial charge is 0.384 e. The summed E-state index contributed by atoms with van der Waals surface area (Å²) in [6.07, 6.45) is 3.24. The maximum atomic E-state index is 11.7. The van der Waals surface area contributed by atoms with Crippen LogP contribution >= 0.6 is 11.3 Å². The lowest BCUT2D eigenvalue weighted by Gasteiger charge is -2.03. The van der Waals surface area contributed by atoms with Crippen molar-refractivity contribution in [2.75, 3.05) is 5.73 Å². The molecule has 0 spiro atoms. The van der Waals surface area contributed by atoms with Gasteiger partial charge >= 0.3 is 0 Å². The van der Waals surface area contributed by atoms with Crippen molar-refractivity contribution in [2.45, 2.75) is 6.54 Å². The lowest BCUT2D eigenvalue weighted by molar-refractivity contribution is 0.0951. The molecule has 0 aromatic carbocycles. The molecular formula is C10H10N4OS. The first-order chi connectivity index (χ1) is 7.75. The molecule has 5 nitrogen and oxygen atoms in total. The number of pyridine rings is 1. The maximum Gasteiger partial charge on any atom is 0.251 e. The molecule has 16 heavy (non-hydrogen) atoms. The summed E-state index contributed by atoms with van der Waals surface area (Å²) in [5.74, 6) is 0.174. The van der Waals surface area contributed by atoms with Crippen LogP contribution in [0.15, 0.2) is 30.0 Å². The standard InChI is InChI=1S/C10H10N4OS/c11-9-3-7(1-2-13-9)10(15)14-5-8-4-12-6-16-8/h1-4,6H,5H2,(H2,11,13)(H,14,15). The number of hydrogen-bond donors (Lipinski definition) is 2. The number of aromatic nitrogens is 2. The van der Waals surface area contributed by atoms with E-state index in [4.69, 9.17) is 5.73 Å². The zero-order valence-electron chi connectivity index (χ0n) is 8.38. The molecule has 2 heterocycles. The Morgan fingerprint density at radius 3 is 3.12 bits per heavy atom. The third kappa shape index (κ3) is 2.54. The zero-order valence-corrected chi connectivity index (χ0v) is 9.20. The third-order valence-electron chi connectivity index (χ3n) is 1.95. The van der Waals surface area contributed by atoms with Gasteiger partial charge in [0.05, 0.1) is 12.1 Å². The molecule has 0 unspecified atom stereocenters. The molecule has 0 atom stereocenters. The van der Waals surface area contributed by atoms with Gasteiger partial charge in [-0.2, -0.15) is 0 Å². The van der Waals surface area contributed by atoms with E-state index < -0.39 is 0 Å². The van der Waals surface area contributed by atoms with Crippen LogP contribution in [0.3, 0.4) is 0 Å². The van der Waals surface area contributed by atoms with Crippen LogP contribution in [0.2, 0.25) is 0 Å². The van der Waals surface area contributed by atoms with Crippen LogP contribution in [0, 0.1) is 0 Å². The predicted octanol–water partition coefficient (Wildman–Crippen LogP) is 1.05. The van der Waals surface area contributed by atoms with Crippen molar-refractivity contribution in [3.05, 3.63) is 40.5 Å². The molecule has 1 amide bonds. The summed E-state index contributed by atoms with van der Waals surface area (Å²) in [6, 6.07) is 3.17. The van der Waals surface area contributed by atoms with Gasteiger partial charge in [0.15, 0.2) is 0 Å². The van der Waals surface area contributed by atoms with Crippen LogP contribution < -0.4 is 11.1 Å². The molecule has 82 valence electrons. The van der Waals surface area contributed by atoms with Crippen LogP contribution in [0.25, 0.3) is 0 Å². The Kier molecular flexibility index (Phi) is 3.11. The number of thiazole rings is 1. The summed E-state index contributed by atoms with van der Waals surface area (Å²) in [4.78, 5) is 20.4. The van der Waals surface area contributed by atoms with E-state index in [0.29, 0.717) is 17.9 Å². The van der Waals surface area contributed by atoms with Crippen molar-refractivity contribution >= 4 is 23.1 Å². The highest BCUT2D eigenvalue weighted by atomic mass is 32.1. The second-order valence-electron chi connectivity index (χ2n) is 3.12. The van der Waals surface area contributed by atoms with Crippen molar-refractivity contribution < 1.29 is 4.79 Å². The molecule has 0 aliphatic carbocycles. The van der Waals surface area contributed by atoms with Gasteiger partial charge in [0.25, 0.3) is 5.91 Å². The van der Waals surface area contributed by atoms with Crippen LogP contribution in [0.1, 0.15) is 15.2 Å².